The third kappa shape index (κ3) is 1.87. The highest BCUT2D eigenvalue weighted by Crippen LogP contribution is 2.50. The normalized spacial score (nSPS) is 10.9. The van der Waals surface area contributed by atoms with E-state index < -0.39 is 0 Å². The van der Waals surface area contributed by atoms with E-state index in [0.717, 1.165) is 13.7 Å². The van der Waals surface area contributed by atoms with Crippen LogP contribution in [0, 0.1) is 0 Å². The summed E-state index contributed by atoms with van der Waals surface area (Å²) in [6, 6.07) is 21.0. The van der Waals surface area contributed by atoms with Crippen molar-refractivity contribution in [1.29, 1.82) is 0 Å². The maximum absolute atomic E-state index is 5.51. The highest BCUT2D eigenvalue weighted by Gasteiger charge is 2.16. The largest absolute Gasteiger partial charge is 0.492 e. The Kier molecular flexibility index (Phi) is 3.00. The average molecular weight is 252 g/mol. The molecule has 0 radical (unpaired) electrons. The van der Waals surface area contributed by atoms with Crippen molar-refractivity contribution in [2.75, 3.05) is 7.11 Å². The van der Waals surface area contributed by atoms with Gasteiger partial charge < -0.3 is 4.74 Å². The van der Waals surface area contributed by atoms with E-state index in [0.29, 0.717) is 0 Å². The highest BCUT2D eigenvalue weighted by molar-refractivity contribution is 7.37. The predicted molar refractivity (Wildman–Crippen MR) is 77.6 cm³/mol. The molecule has 0 unspecified atom stereocenters. The summed E-state index contributed by atoms with van der Waals surface area (Å²) in [5.74, 6) is 0. The zero-order valence-electron chi connectivity index (χ0n) is 10.1. The van der Waals surface area contributed by atoms with Gasteiger partial charge in [0.2, 0.25) is 0 Å². The van der Waals surface area contributed by atoms with E-state index in [4.69, 9.17) is 4.74 Å². The first kappa shape index (κ1) is 11.3. The van der Waals surface area contributed by atoms with Crippen LogP contribution in [0.4, 0.5) is 0 Å². The number of ether oxygens (including phenoxy) is 1. The lowest BCUT2D eigenvalue weighted by Gasteiger charge is -2.00. The summed E-state index contributed by atoms with van der Waals surface area (Å²) >= 11 is 0. The zero-order chi connectivity index (χ0) is 12.4. The predicted octanol–water partition coefficient (Wildman–Crippen LogP) is 5.05. The molecular formula is C16H13OP. The van der Waals surface area contributed by atoms with Crippen LogP contribution in [-0.2, 0) is 0 Å². The van der Waals surface area contributed by atoms with E-state index in [1.54, 1.807) is 7.11 Å². The van der Waals surface area contributed by atoms with Gasteiger partial charge in [-0.2, -0.15) is 0 Å². The minimum atomic E-state index is 1.03. The van der Waals surface area contributed by atoms with Crippen LogP contribution in [0.1, 0.15) is 0 Å². The van der Waals surface area contributed by atoms with Gasteiger partial charge in [0.1, 0.15) is 0 Å². The molecule has 0 saturated carbocycles. The van der Waals surface area contributed by atoms with Gasteiger partial charge in [-0.3, -0.25) is 0 Å². The van der Waals surface area contributed by atoms with Gasteiger partial charge in [0.05, 0.1) is 7.11 Å². The van der Waals surface area contributed by atoms with Crippen LogP contribution in [0.5, 0.6) is 5.48 Å². The quantitative estimate of drug-likeness (QED) is 0.620. The summed E-state index contributed by atoms with van der Waals surface area (Å²) < 4.78 is 5.51. The first-order valence-corrected chi connectivity index (χ1v) is 6.78. The fourth-order valence-corrected chi connectivity index (χ4v) is 3.34. The summed E-state index contributed by atoms with van der Waals surface area (Å²) in [6.07, 6.45) is 0. The van der Waals surface area contributed by atoms with E-state index in [2.05, 4.69) is 48.5 Å². The molecule has 0 amide bonds. The van der Waals surface area contributed by atoms with Crippen molar-refractivity contribution in [3.8, 4) is 27.5 Å². The third-order valence-corrected chi connectivity index (χ3v) is 4.33. The summed E-state index contributed by atoms with van der Waals surface area (Å²) in [6.45, 7) is 0. The molecule has 3 rings (SSSR count). The SMILES string of the molecule is COc1pc(-c2ccccc2)c2cccccc1-2. The lowest BCUT2D eigenvalue weighted by molar-refractivity contribution is 0.429. The molecule has 0 saturated heterocycles. The van der Waals surface area contributed by atoms with Gasteiger partial charge in [-0.25, -0.2) is 0 Å². The Balaban J connectivity index is 2.27. The Bertz CT molecular complexity index is 634. The lowest BCUT2D eigenvalue weighted by Crippen LogP contribution is -1.79. The van der Waals surface area contributed by atoms with Crippen molar-refractivity contribution < 1.29 is 4.74 Å². The number of rotatable bonds is 2. The fourth-order valence-electron chi connectivity index (χ4n) is 2.13. The van der Waals surface area contributed by atoms with Crippen LogP contribution in [-0.4, -0.2) is 7.11 Å². The molecule has 0 N–H and O–H groups in total. The topological polar surface area (TPSA) is 9.23 Å². The molecule has 0 aromatic heterocycles. The van der Waals surface area contributed by atoms with Crippen molar-refractivity contribution in [2.45, 2.75) is 0 Å². The molecule has 0 fully saturated rings. The monoisotopic (exact) mass is 252 g/mol. The molecule has 2 aliphatic rings. The van der Waals surface area contributed by atoms with Crippen LogP contribution in [0.25, 0.3) is 22.0 Å². The molecule has 1 heterocycles. The minimum Gasteiger partial charge on any atom is -0.492 e. The molecule has 1 aromatic carbocycles. The Morgan fingerprint density at radius 3 is 2.06 bits per heavy atom. The van der Waals surface area contributed by atoms with Crippen LogP contribution >= 0.6 is 8.19 Å². The van der Waals surface area contributed by atoms with Crippen molar-refractivity contribution >= 4 is 8.19 Å². The number of hydrogen-bond donors (Lipinski definition) is 0. The third-order valence-electron chi connectivity index (χ3n) is 2.98. The zero-order valence-corrected chi connectivity index (χ0v) is 11.0. The lowest BCUT2D eigenvalue weighted by atomic mass is 10.1. The first-order chi connectivity index (χ1) is 8.90. The van der Waals surface area contributed by atoms with Crippen LogP contribution in [0.3, 0.4) is 0 Å². The van der Waals surface area contributed by atoms with Gasteiger partial charge in [-0.1, -0.05) is 60.7 Å². The van der Waals surface area contributed by atoms with Gasteiger partial charge in [-0.05, 0) is 19.3 Å². The number of benzene rings is 1. The van der Waals surface area contributed by atoms with Crippen molar-refractivity contribution in [2.24, 2.45) is 0 Å². The molecule has 0 atom stereocenters. The maximum atomic E-state index is 5.51. The second-order valence-corrected chi connectivity index (χ2v) is 5.15. The second kappa shape index (κ2) is 4.80. The van der Waals surface area contributed by atoms with Crippen molar-refractivity contribution in [3.63, 3.8) is 0 Å². The molecule has 0 spiro atoms. The van der Waals surface area contributed by atoms with Gasteiger partial charge in [-0.15, -0.1) is 0 Å². The Hall–Kier alpha value is -1.85. The molecular weight excluding hydrogens is 239 g/mol. The van der Waals surface area contributed by atoms with Crippen LogP contribution < -0.4 is 4.74 Å². The van der Waals surface area contributed by atoms with Gasteiger partial charge >= 0.3 is 0 Å². The average Bonchev–Trinajstić information content (AvgIpc) is 2.61. The maximum Gasteiger partial charge on any atom is 0.153 e. The van der Waals surface area contributed by atoms with Crippen LogP contribution in [0.2, 0.25) is 0 Å². The molecule has 1 aliphatic carbocycles. The fraction of sp³-hybridized carbons (Fsp3) is 0.0625. The highest BCUT2D eigenvalue weighted by atomic mass is 31.0. The van der Waals surface area contributed by atoms with Gasteiger partial charge in [0.15, 0.2) is 5.48 Å². The molecule has 1 aliphatic heterocycles. The second-order valence-electron chi connectivity index (χ2n) is 4.07. The van der Waals surface area contributed by atoms with E-state index in [-0.39, 0.29) is 0 Å². The standard InChI is InChI=1S/C16H13OP/c1-17-16-14-11-7-3-6-10-13(14)15(18-16)12-8-4-2-5-9-12/h2-11H,1H3. The Morgan fingerprint density at radius 1 is 0.778 bits per heavy atom. The van der Waals surface area contributed by atoms with Gasteiger partial charge in [0, 0.05) is 10.9 Å². The molecule has 1 aromatic rings. The van der Waals surface area contributed by atoms with E-state index in [1.807, 2.05) is 12.1 Å². The molecule has 1 nitrogen and oxygen atoms in total. The summed E-state index contributed by atoms with van der Waals surface area (Å²) in [4.78, 5) is 0. The molecule has 0 bridgehead atoms. The molecule has 2 heteroatoms. The number of fused-ring (bicyclic) bond motifs is 1. The Labute approximate surface area is 109 Å². The van der Waals surface area contributed by atoms with Gasteiger partial charge in [0.25, 0.3) is 0 Å². The number of hydrogen-bond acceptors (Lipinski definition) is 1. The first-order valence-electron chi connectivity index (χ1n) is 5.88. The van der Waals surface area contributed by atoms with E-state index in [1.165, 1.54) is 22.0 Å². The number of methoxy groups -OCH3 is 1. The summed E-state index contributed by atoms with van der Waals surface area (Å²) in [7, 11) is 2.89. The van der Waals surface area contributed by atoms with Crippen molar-refractivity contribution in [3.05, 3.63) is 60.7 Å². The van der Waals surface area contributed by atoms with Crippen LogP contribution in [0.15, 0.2) is 60.7 Å². The Morgan fingerprint density at radius 2 is 1.39 bits per heavy atom. The summed E-state index contributed by atoms with van der Waals surface area (Å²) in [5.41, 5.74) is 4.76. The van der Waals surface area contributed by atoms with E-state index >= 15 is 0 Å². The summed E-state index contributed by atoms with van der Waals surface area (Å²) in [5, 5.41) is 1.32. The van der Waals surface area contributed by atoms with E-state index in [9.17, 15) is 0 Å². The smallest absolute Gasteiger partial charge is 0.153 e. The molecule has 18 heavy (non-hydrogen) atoms. The van der Waals surface area contributed by atoms with Crippen molar-refractivity contribution in [1.82, 2.24) is 0 Å². The minimum absolute atomic E-state index is 1.03. The molecule has 88 valence electrons.